The maximum Gasteiger partial charge on any atom is 0.271 e. The molecule has 3 rings (SSSR count). The summed E-state index contributed by atoms with van der Waals surface area (Å²) in [7, 11) is 0. The number of nitrogens with zero attached hydrogens (tertiary/aromatic N) is 2. The molecule has 1 aromatic rings. The lowest BCUT2D eigenvalue weighted by Crippen LogP contribution is -2.31. The van der Waals surface area contributed by atoms with E-state index in [9.17, 15) is 19.7 Å². The van der Waals surface area contributed by atoms with Crippen molar-refractivity contribution in [1.82, 2.24) is 0 Å². The van der Waals surface area contributed by atoms with Gasteiger partial charge in [0.15, 0.2) is 0 Å². The molecule has 2 aliphatic rings. The van der Waals surface area contributed by atoms with Crippen molar-refractivity contribution in [2.75, 3.05) is 4.90 Å². The quantitative estimate of drug-likeness (QED) is 0.478. The van der Waals surface area contributed by atoms with Gasteiger partial charge in [0.1, 0.15) is 0 Å². The first kappa shape index (κ1) is 14.0. The van der Waals surface area contributed by atoms with Gasteiger partial charge in [0, 0.05) is 12.1 Å². The highest BCUT2D eigenvalue weighted by molar-refractivity contribution is 6.36. The van der Waals surface area contributed by atoms with Crippen molar-refractivity contribution in [3.63, 3.8) is 0 Å². The summed E-state index contributed by atoms with van der Waals surface area (Å²) in [5, 5.41) is 10.8. The molecule has 0 N–H and O–H groups in total. The molecule has 0 spiro atoms. The van der Waals surface area contributed by atoms with E-state index in [1.54, 1.807) is 0 Å². The molecule has 1 aliphatic carbocycles. The van der Waals surface area contributed by atoms with E-state index >= 15 is 0 Å². The smallest absolute Gasteiger partial charge is 0.271 e. The van der Waals surface area contributed by atoms with Crippen LogP contribution in [0.3, 0.4) is 0 Å². The number of carbonyl (C=O) groups excluding carboxylic acids is 2. The van der Waals surface area contributed by atoms with Crippen LogP contribution in [0.15, 0.2) is 18.2 Å². The molecule has 2 fully saturated rings. The monoisotopic (exact) mass is 308 g/mol. The van der Waals surface area contributed by atoms with Gasteiger partial charge >= 0.3 is 0 Å². The number of rotatable bonds is 2. The Morgan fingerprint density at radius 1 is 1.14 bits per heavy atom. The van der Waals surface area contributed by atoms with Gasteiger partial charge in [-0.05, 0) is 18.9 Å². The summed E-state index contributed by atoms with van der Waals surface area (Å²) < 4.78 is 0. The number of benzene rings is 1. The van der Waals surface area contributed by atoms with E-state index < -0.39 is 4.92 Å². The van der Waals surface area contributed by atoms with Crippen LogP contribution in [0.5, 0.6) is 0 Å². The van der Waals surface area contributed by atoms with E-state index in [1.165, 1.54) is 18.2 Å². The number of non-ortho nitro benzene ring substituents is 1. The highest BCUT2D eigenvalue weighted by atomic mass is 35.5. The maximum atomic E-state index is 12.4. The molecule has 1 aliphatic heterocycles. The summed E-state index contributed by atoms with van der Waals surface area (Å²) in [4.78, 5) is 36.1. The first-order chi connectivity index (χ1) is 10.0. The SMILES string of the molecule is O=C1C2CCCCC2C(=O)N1c1ccc([N+](=O)[O-])cc1Cl. The Balaban J connectivity index is 1.98. The molecule has 7 heteroatoms. The van der Waals surface area contributed by atoms with E-state index in [2.05, 4.69) is 0 Å². The normalized spacial score (nSPS) is 25.1. The molecule has 0 aromatic heterocycles. The van der Waals surface area contributed by atoms with E-state index in [1.807, 2.05) is 0 Å². The lowest BCUT2D eigenvalue weighted by atomic mass is 9.81. The minimum absolute atomic E-state index is 0.0459. The van der Waals surface area contributed by atoms with Crippen molar-refractivity contribution in [3.8, 4) is 0 Å². The topological polar surface area (TPSA) is 80.5 Å². The minimum atomic E-state index is -0.566. The summed E-state index contributed by atoms with van der Waals surface area (Å²) in [5.74, 6) is -1.00. The number of hydrogen-bond donors (Lipinski definition) is 0. The van der Waals surface area contributed by atoms with Crippen molar-refractivity contribution in [1.29, 1.82) is 0 Å². The molecule has 2 atom stereocenters. The van der Waals surface area contributed by atoms with E-state index in [-0.39, 0.29) is 40.0 Å². The Hall–Kier alpha value is -1.95. The number of amides is 2. The van der Waals surface area contributed by atoms with Crippen LogP contribution in [0.25, 0.3) is 0 Å². The summed E-state index contributed by atoms with van der Waals surface area (Å²) in [6.45, 7) is 0. The highest BCUT2D eigenvalue weighted by Gasteiger charge is 2.49. The Morgan fingerprint density at radius 2 is 1.71 bits per heavy atom. The Kier molecular flexibility index (Phi) is 3.41. The lowest BCUT2D eigenvalue weighted by molar-refractivity contribution is -0.384. The number of hydrogen-bond acceptors (Lipinski definition) is 4. The van der Waals surface area contributed by atoms with Gasteiger partial charge in [-0.1, -0.05) is 24.4 Å². The molecule has 0 radical (unpaired) electrons. The van der Waals surface area contributed by atoms with E-state index in [0.717, 1.165) is 30.6 Å². The molecule has 1 aromatic carbocycles. The first-order valence-corrected chi connectivity index (χ1v) is 7.20. The van der Waals surface area contributed by atoms with Crippen LogP contribution in [-0.2, 0) is 9.59 Å². The van der Waals surface area contributed by atoms with Gasteiger partial charge in [-0.3, -0.25) is 19.7 Å². The van der Waals surface area contributed by atoms with Crippen molar-refractivity contribution in [3.05, 3.63) is 33.3 Å². The zero-order chi connectivity index (χ0) is 15.1. The Labute approximate surface area is 125 Å². The predicted molar refractivity (Wildman–Crippen MR) is 76.0 cm³/mol. The molecule has 110 valence electrons. The van der Waals surface area contributed by atoms with Crippen molar-refractivity contribution < 1.29 is 14.5 Å². The van der Waals surface area contributed by atoms with Crippen molar-refractivity contribution >= 4 is 34.8 Å². The van der Waals surface area contributed by atoms with Gasteiger partial charge in [-0.25, -0.2) is 4.90 Å². The van der Waals surface area contributed by atoms with Gasteiger partial charge < -0.3 is 0 Å². The van der Waals surface area contributed by atoms with Crippen LogP contribution >= 0.6 is 11.6 Å². The average molecular weight is 309 g/mol. The minimum Gasteiger partial charge on any atom is -0.274 e. The molecule has 1 saturated carbocycles. The molecular weight excluding hydrogens is 296 g/mol. The number of halogens is 1. The molecule has 21 heavy (non-hydrogen) atoms. The zero-order valence-electron chi connectivity index (χ0n) is 11.1. The molecule has 2 unspecified atom stereocenters. The summed E-state index contributed by atoms with van der Waals surface area (Å²) in [6.07, 6.45) is 3.33. The summed E-state index contributed by atoms with van der Waals surface area (Å²) in [5.41, 5.74) is 0.0759. The number of nitro groups is 1. The van der Waals surface area contributed by atoms with E-state index in [0.29, 0.717) is 0 Å². The third-order valence-corrected chi connectivity index (χ3v) is 4.53. The third kappa shape index (κ3) is 2.19. The lowest BCUT2D eigenvalue weighted by Gasteiger charge is -2.19. The van der Waals surface area contributed by atoms with Crippen molar-refractivity contribution in [2.24, 2.45) is 11.8 Å². The van der Waals surface area contributed by atoms with Crippen LogP contribution < -0.4 is 4.90 Å². The van der Waals surface area contributed by atoms with Crippen LogP contribution in [0.2, 0.25) is 5.02 Å². The van der Waals surface area contributed by atoms with Gasteiger partial charge in [-0.2, -0.15) is 0 Å². The molecule has 0 bridgehead atoms. The Morgan fingerprint density at radius 3 is 2.19 bits per heavy atom. The standard InChI is InChI=1S/C14H13ClN2O4/c15-11-7-8(17(20)21)5-6-12(11)16-13(18)9-3-1-2-4-10(9)14(16)19/h5-7,9-10H,1-4H2. The second-order valence-corrected chi connectivity index (χ2v) is 5.81. The Bertz CT molecular complexity index is 622. The van der Waals surface area contributed by atoms with Crippen LogP contribution in [0.4, 0.5) is 11.4 Å². The molecule has 1 saturated heterocycles. The number of imide groups is 1. The predicted octanol–water partition coefficient (Wildman–Crippen LogP) is 2.93. The largest absolute Gasteiger partial charge is 0.274 e. The number of carbonyl (C=O) groups is 2. The van der Waals surface area contributed by atoms with Crippen molar-refractivity contribution in [2.45, 2.75) is 25.7 Å². The van der Waals surface area contributed by atoms with Crippen LogP contribution in [0, 0.1) is 22.0 Å². The summed E-state index contributed by atoms with van der Waals surface area (Å²) in [6, 6.07) is 3.79. The molecule has 2 amide bonds. The average Bonchev–Trinajstić information content (AvgIpc) is 2.72. The maximum absolute atomic E-state index is 12.4. The highest BCUT2D eigenvalue weighted by Crippen LogP contribution is 2.42. The molecule has 1 heterocycles. The van der Waals surface area contributed by atoms with Gasteiger partial charge in [0.2, 0.25) is 11.8 Å². The van der Waals surface area contributed by atoms with Crippen LogP contribution in [-0.4, -0.2) is 16.7 Å². The van der Waals surface area contributed by atoms with Gasteiger partial charge in [-0.15, -0.1) is 0 Å². The number of nitro benzene ring substituents is 1. The van der Waals surface area contributed by atoms with Crippen LogP contribution in [0.1, 0.15) is 25.7 Å². The zero-order valence-corrected chi connectivity index (χ0v) is 11.9. The van der Waals surface area contributed by atoms with Gasteiger partial charge in [0.25, 0.3) is 5.69 Å². The first-order valence-electron chi connectivity index (χ1n) is 6.82. The number of fused-ring (bicyclic) bond motifs is 1. The molecule has 6 nitrogen and oxygen atoms in total. The fourth-order valence-electron chi connectivity index (χ4n) is 3.19. The third-order valence-electron chi connectivity index (χ3n) is 4.22. The fraction of sp³-hybridized carbons (Fsp3) is 0.429. The number of anilines is 1. The van der Waals surface area contributed by atoms with Gasteiger partial charge in [0.05, 0.1) is 27.5 Å². The molecular formula is C14H13ClN2O4. The van der Waals surface area contributed by atoms with E-state index in [4.69, 9.17) is 11.6 Å². The second-order valence-electron chi connectivity index (χ2n) is 5.40. The fourth-order valence-corrected chi connectivity index (χ4v) is 3.45. The second kappa shape index (κ2) is 5.11. The summed E-state index contributed by atoms with van der Waals surface area (Å²) >= 11 is 6.03.